The summed E-state index contributed by atoms with van der Waals surface area (Å²) in [5, 5.41) is -0.104. The largest absolute Gasteiger partial charge is 0.278 e. The van der Waals surface area contributed by atoms with Gasteiger partial charge in [-0.2, -0.15) is 0 Å². The van der Waals surface area contributed by atoms with E-state index in [1.165, 1.54) is 12.3 Å². The third kappa shape index (κ3) is 2.69. The molecular weight excluding hydrogens is 222 g/mol. The van der Waals surface area contributed by atoms with Crippen molar-refractivity contribution in [1.29, 1.82) is 0 Å². The van der Waals surface area contributed by atoms with Gasteiger partial charge in [-0.05, 0) is 17.0 Å². The van der Waals surface area contributed by atoms with Crippen LogP contribution in [0.15, 0.2) is 23.4 Å². The molecule has 0 fully saturated rings. The molecule has 0 aliphatic rings. The lowest BCUT2D eigenvalue weighted by Crippen LogP contribution is -2.11. The molecule has 14 heavy (non-hydrogen) atoms. The number of hydrogen-bond donors (Lipinski definition) is 0. The maximum atomic E-state index is 10.9. The number of pyridine rings is 1. The van der Waals surface area contributed by atoms with Gasteiger partial charge in [0.15, 0.2) is 5.03 Å². The van der Waals surface area contributed by atoms with Gasteiger partial charge in [-0.3, -0.25) is 0 Å². The lowest BCUT2D eigenvalue weighted by molar-refractivity contribution is 0.582. The van der Waals surface area contributed by atoms with Gasteiger partial charge in [0.25, 0.3) is 9.05 Å². The van der Waals surface area contributed by atoms with Crippen LogP contribution in [0.3, 0.4) is 0 Å². The van der Waals surface area contributed by atoms with Crippen LogP contribution < -0.4 is 0 Å². The van der Waals surface area contributed by atoms with Crippen LogP contribution in [0, 0.1) is 0 Å². The van der Waals surface area contributed by atoms with Crippen LogP contribution in [-0.2, 0) is 14.5 Å². The van der Waals surface area contributed by atoms with Crippen LogP contribution in [0.1, 0.15) is 26.3 Å². The van der Waals surface area contributed by atoms with Crippen molar-refractivity contribution in [3.63, 3.8) is 0 Å². The molecule has 1 heterocycles. The Labute approximate surface area is 88.5 Å². The van der Waals surface area contributed by atoms with E-state index in [0.29, 0.717) is 0 Å². The maximum absolute atomic E-state index is 10.9. The molecule has 0 spiro atoms. The average Bonchev–Trinajstić information content (AvgIpc) is 2.01. The summed E-state index contributed by atoms with van der Waals surface area (Å²) >= 11 is 0. The second-order valence-electron chi connectivity index (χ2n) is 4.07. The summed E-state index contributed by atoms with van der Waals surface area (Å²) in [7, 11) is 1.43. The number of nitrogens with zero attached hydrogens (tertiary/aromatic N) is 1. The monoisotopic (exact) mass is 233 g/mol. The molecule has 0 atom stereocenters. The first-order chi connectivity index (χ1) is 6.21. The van der Waals surface area contributed by atoms with Gasteiger partial charge in [-0.1, -0.05) is 26.8 Å². The minimum Gasteiger partial charge on any atom is -0.243 e. The van der Waals surface area contributed by atoms with Crippen LogP contribution in [-0.4, -0.2) is 13.4 Å². The Balaban J connectivity index is 3.14. The summed E-state index contributed by atoms with van der Waals surface area (Å²) in [5.74, 6) is 0. The molecule has 0 unspecified atom stereocenters. The molecule has 1 aromatic heterocycles. The minimum absolute atomic E-state index is 0.0401. The van der Waals surface area contributed by atoms with E-state index in [1.807, 2.05) is 20.8 Å². The van der Waals surface area contributed by atoms with Gasteiger partial charge in [-0.15, -0.1) is 0 Å². The van der Waals surface area contributed by atoms with Crippen molar-refractivity contribution < 1.29 is 8.42 Å². The van der Waals surface area contributed by atoms with Crippen molar-refractivity contribution in [2.24, 2.45) is 0 Å². The highest BCUT2D eigenvalue weighted by Crippen LogP contribution is 2.22. The van der Waals surface area contributed by atoms with Crippen molar-refractivity contribution in [1.82, 2.24) is 4.98 Å². The van der Waals surface area contributed by atoms with Crippen molar-refractivity contribution >= 4 is 19.7 Å². The van der Waals surface area contributed by atoms with Gasteiger partial charge in [0.1, 0.15) is 0 Å². The van der Waals surface area contributed by atoms with Gasteiger partial charge < -0.3 is 0 Å². The van der Waals surface area contributed by atoms with Crippen LogP contribution in [0.25, 0.3) is 0 Å². The number of aromatic nitrogens is 1. The third-order valence-electron chi connectivity index (χ3n) is 1.85. The van der Waals surface area contributed by atoms with E-state index in [1.54, 1.807) is 6.07 Å². The Morgan fingerprint density at radius 3 is 2.14 bits per heavy atom. The summed E-state index contributed by atoms with van der Waals surface area (Å²) in [6.45, 7) is 6.08. The van der Waals surface area contributed by atoms with Crippen molar-refractivity contribution in [3.05, 3.63) is 23.9 Å². The predicted molar refractivity (Wildman–Crippen MR) is 56.0 cm³/mol. The van der Waals surface area contributed by atoms with E-state index in [9.17, 15) is 8.42 Å². The standard InChI is InChI=1S/C9H12ClNO2S/c1-9(2,3)7-4-5-8(11-6-7)14(10,12)13/h4-6H,1-3H3. The lowest BCUT2D eigenvalue weighted by Gasteiger charge is -2.17. The summed E-state index contributed by atoms with van der Waals surface area (Å²) in [6, 6.07) is 3.14. The van der Waals surface area contributed by atoms with Crippen molar-refractivity contribution in [3.8, 4) is 0 Å². The molecule has 78 valence electrons. The molecule has 0 aromatic carbocycles. The van der Waals surface area contributed by atoms with Gasteiger partial charge in [0.05, 0.1) is 0 Å². The summed E-state index contributed by atoms with van der Waals surface area (Å²) < 4.78 is 21.8. The van der Waals surface area contributed by atoms with Crippen LogP contribution >= 0.6 is 10.7 Å². The first-order valence-corrected chi connectivity index (χ1v) is 6.43. The van der Waals surface area contributed by atoms with Crippen LogP contribution in [0.5, 0.6) is 0 Å². The molecule has 0 saturated carbocycles. The smallest absolute Gasteiger partial charge is 0.243 e. The number of halogens is 1. The Hall–Kier alpha value is -0.610. The average molecular weight is 234 g/mol. The van der Waals surface area contributed by atoms with E-state index < -0.39 is 9.05 Å². The first-order valence-electron chi connectivity index (χ1n) is 4.12. The van der Waals surface area contributed by atoms with Crippen LogP contribution in [0.2, 0.25) is 0 Å². The fourth-order valence-electron chi connectivity index (χ4n) is 0.968. The molecule has 0 saturated heterocycles. The van der Waals surface area contributed by atoms with E-state index >= 15 is 0 Å². The molecule has 1 rings (SSSR count). The second kappa shape index (κ2) is 3.51. The molecular formula is C9H12ClNO2S. The SMILES string of the molecule is CC(C)(C)c1ccc(S(=O)(=O)Cl)nc1. The Morgan fingerprint density at radius 2 is 1.86 bits per heavy atom. The molecule has 5 heteroatoms. The number of hydrogen-bond acceptors (Lipinski definition) is 3. The Morgan fingerprint density at radius 1 is 1.29 bits per heavy atom. The van der Waals surface area contributed by atoms with Gasteiger partial charge in [-0.25, -0.2) is 13.4 Å². The number of rotatable bonds is 1. The fraction of sp³-hybridized carbons (Fsp3) is 0.444. The minimum atomic E-state index is -3.70. The third-order valence-corrected chi connectivity index (χ3v) is 3.07. The van der Waals surface area contributed by atoms with E-state index in [4.69, 9.17) is 10.7 Å². The van der Waals surface area contributed by atoms with E-state index in [2.05, 4.69) is 4.98 Å². The Bertz CT molecular complexity index is 417. The van der Waals surface area contributed by atoms with E-state index in [0.717, 1.165) is 5.56 Å². The zero-order chi connectivity index (χ0) is 11.0. The molecule has 1 aromatic rings. The van der Waals surface area contributed by atoms with Gasteiger partial charge >= 0.3 is 0 Å². The topological polar surface area (TPSA) is 47.0 Å². The molecule has 0 N–H and O–H groups in total. The second-order valence-corrected chi connectivity index (χ2v) is 6.59. The van der Waals surface area contributed by atoms with Gasteiger partial charge in [0.2, 0.25) is 0 Å². The highest BCUT2D eigenvalue weighted by atomic mass is 35.7. The van der Waals surface area contributed by atoms with Gasteiger partial charge in [0, 0.05) is 16.9 Å². The fourth-order valence-corrected chi connectivity index (χ4v) is 1.65. The predicted octanol–water partition coefficient (Wildman–Crippen LogP) is 2.31. The summed E-state index contributed by atoms with van der Waals surface area (Å²) in [4.78, 5) is 3.80. The molecule has 0 aliphatic carbocycles. The van der Waals surface area contributed by atoms with Crippen molar-refractivity contribution in [2.75, 3.05) is 0 Å². The highest BCUT2D eigenvalue weighted by molar-refractivity contribution is 8.13. The molecule has 0 amide bonds. The molecule has 0 radical (unpaired) electrons. The quantitative estimate of drug-likeness (QED) is 0.700. The Kier molecular flexibility index (Phi) is 2.88. The molecule has 3 nitrogen and oxygen atoms in total. The molecule has 0 bridgehead atoms. The first kappa shape index (κ1) is 11.5. The zero-order valence-electron chi connectivity index (χ0n) is 8.28. The summed E-state index contributed by atoms with van der Waals surface area (Å²) in [5.41, 5.74) is 0.934. The van der Waals surface area contributed by atoms with Crippen molar-refractivity contribution in [2.45, 2.75) is 31.2 Å². The molecule has 0 aliphatic heterocycles. The van der Waals surface area contributed by atoms with E-state index in [-0.39, 0.29) is 10.4 Å². The summed E-state index contributed by atoms with van der Waals surface area (Å²) in [6.07, 6.45) is 1.54. The normalized spacial score (nSPS) is 12.9. The lowest BCUT2D eigenvalue weighted by atomic mass is 9.88. The maximum Gasteiger partial charge on any atom is 0.278 e. The van der Waals surface area contributed by atoms with Crippen LogP contribution in [0.4, 0.5) is 0 Å². The highest BCUT2D eigenvalue weighted by Gasteiger charge is 2.16. The zero-order valence-corrected chi connectivity index (χ0v) is 9.85.